The van der Waals surface area contributed by atoms with Crippen LogP contribution in [0.1, 0.15) is 30.1 Å². The number of benzene rings is 1. The minimum atomic E-state index is -3.60. The smallest absolute Gasteiger partial charge is 0.262 e. The molecule has 1 saturated heterocycles. The SMILES string of the molecule is COc1ccc(-c2cc(C)nc([C@H]3CCCN(S(=O)(=O)c4cn(C)cn4)C3)c2)cc1. The molecule has 1 aliphatic heterocycles. The van der Waals surface area contributed by atoms with Gasteiger partial charge >= 0.3 is 0 Å². The number of imidazole rings is 1. The van der Waals surface area contributed by atoms with Gasteiger partial charge in [-0.2, -0.15) is 4.31 Å². The van der Waals surface area contributed by atoms with Crippen molar-refractivity contribution in [1.29, 1.82) is 0 Å². The topological polar surface area (TPSA) is 77.3 Å². The summed E-state index contributed by atoms with van der Waals surface area (Å²) in [6.07, 6.45) is 4.76. The molecule has 0 spiro atoms. The molecule has 30 heavy (non-hydrogen) atoms. The molecule has 0 bridgehead atoms. The lowest BCUT2D eigenvalue weighted by Crippen LogP contribution is -2.39. The maximum Gasteiger partial charge on any atom is 0.262 e. The van der Waals surface area contributed by atoms with Crippen molar-refractivity contribution in [3.63, 3.8) is 0 Å². The highest BCUT2D eigenvalue weighted by atomic mass is 32.2. The lowest BCUT2D eigenvalue weighted by Gasteiger charge is -2.31. The molecule has 4 rings (SSSR count). The van der Waals surface area contributed by atoms with Crippen LogP contribution in [0.5, 0.6) is 5.75 Å². The first kappa shape index (κ1) is 20.6. The molecular formula is C22H26N4O3S. The Morgan fingerprint density at radius 2 is 1.90 bits per heavy atom. The van der Waals surface area contributed by atoms with E-state index in [4.69, 9.17) is 9.72 Å². The van der Waals surface area contributed by atoms with Gasteiger partial charge in [0.05, 0.1) is 13.4 Å². The molecule has 1 fully saturated rings. The van der Waals surface area contributed by atoms with Gasteiger partial charge in [0.25, 0.3) is 10.0 Å². The minimum Gasteiger partial charge on any atom is -0.497 e. The number of ether oxygens (including phenoxy) is 1. The molecule has 0 unspecified atom stereocenters. The third-order valence-corrected chi connectivity index (χ3v) is 7.24. The zero-order valence-corrected chi connectivity index (χ0v) is 18.3. The van der Waals surface area contributed by atoms with E-state index in [0.717, 1.165) is 41.1 Å². The first-order valence-electron chi connectivity index (χ1n) is 9.98. The van der Waals surface area contributed by atoms with Crippen LogP contribution < -0.4 is 4.74 Å². The van der Waals surface area contributed by atoms with E-state index in [0.29, 0.717) is 13.1 Å². The fraction of sp³-hybridized carbons (Fsp3) is 0.364. The zero-order valence-electron chi connectivity index (χ0n) is 17.4. The van der Waals surface area contributed by atoms with Crippen molar-refractivity contribution in [2.24, 2.45) is 7.05 Å². The van der Waals surface area contributed by atoms with E-state index in [9.17, 15) is 8.42 Å². The molecule has 2 aromatic heterocycles. The molecule has 0 saturated carbocycles. The third kappa shape index (κ3) is 4.11. The van der Waals surface area contributed by atoms with Crippen molar-refractivity contribution >= 4 is 10.0 Å². The minimum absolute atomic E-state index is 0.0501. The highest BCUT2D eigenvalue weighted by Gasteiger charge is 2.33. The van der Waals surface area contributed by atoms with Gasteiger partial charge in [-0.25, -0.2) is 13.4 Å². The average molecular weight is 427 g/mol. The van der Waals surface area contributed by atoms with Crippen LogP contribution >= 0.6 is 0 Å². The standard InChI is InChI=1S/C22H26N4O3S/c1-16-11-19(17-6-8-20(29-3)9-7-17)12-21(24-16)18-5-4-10-26(13-18)30(27,28)22-14-25(2)15-23-22/h6-9,11-12,14-15,18H,4-5,10,13H2,1-3H3/t18-/m0/s1. The van der Waals surface area contributed by atoms with Gasteiger partial charge in [-0.15, -0.1) is 0 Å². The summed E-state index contributed by atoms with van der Waals surface area (Å²) in [6.45, 7) is 2.89. The molecule has 158 valence electrons. The number of piperidine rings is 1. The highest BCUT2D eigenvalue weighted by molar-refractivity contribution is 7.89. The molecular weight excluding hydrogens is 400 g/mol. The molecule has 7 nitrogen and oxygen atoms in total. The summed E-state index contributed by atoms with van der Waals surface area (Å²) in [5.41, 5.74) is 4.01. The van der Waals surface area contributed by atoms with Gasteiger partial charge in [0.2, 0.25) is 0 Å². The lowest BCUT2D eigenvalue weighted by molar-refractivity contribution is 0.312. The predicted molar refractivity (Wildman–Crippen MR) is 115 cm³/mol. The first-order valence-corrected chi connectivity index (χ1v) is 11.4. The lowest BCUT2D eigenvalue weighted by atomic mass is 9.93. The highest BCUT2D eigenvalue weighted by Crippen LogP contribution is 2.32. The van der Waals surface area contributed by atoms with Crippen LogP contribution in [-0.2, 0) is 17.1 Å². The first-order chi connectivity index (χ1) is 14.4. The Kier molecular flexibility index (Phi) is 5.62. The number of methoxy groups -OCH3 is 1. The van der Waals surface area contributed by atoms with E-state index >= 15 is 0 Å². The molecule has 0 aliphatic carbocycles. The van der Waals surface area contributed by atoms with Gasteiger partial charge in [-0.3, -0.25) is 4.98 Å². The normalized spacial score (nSPS) is 17.8. The molecule has 8 heteroatoms. The number of pyridine rings is 1. The third-order valence-electron chi connectivity index (χ3n) is 5.48. The Bertz CT molecular complexity index is 1140. The van der Waals surface area contributed by atoms with Gasteiger partial charge in [0.15, 0.2) is 5.03 Å². The summed E-state index contributed by atoms with van der Waals surface area (Å²) in [4.78, 5) is 8.79. The summed E-state index contributed by atoms with van der Waals surface area (Å²) in [5.74, 6) is 0.863. The van der Waals surface area contributed by atoms with Crippen molar-refractivity contribution < 1.29 is 13.2 Å². The second-order valence-electron chi connectivity index (χ2n) is 7.73. The summed E-state index contributed by atoms with van der Waals surface area (Å²) in [7, 11) is -0.186. The Hall–Kier alpha value is -2.71. The molecule has 1 aliphatic rings. The van der Waals surface area contributed by atoms with Crippen LogP contribution in [0.3, 0.4) is 0 Å². The largest absolute Gasteiger partial charge is 0.497 e. The Labute approximate surface area is 177 Å². The Morgan fingerprint density at radius 3 is 2.57 bits per heavy atom. The van der Waals surface area contributed by atoms with Crippen molar-refractivity contribution in [2.45, 2.75) is 30.7 Å². The number of hydrogen-bond donors (Lipinski definition) is 0. The molecule has 1 aromatic carbocycles. The fourth-order valence-corrected chi connectivity index (χ4v) is 5.40. The average Bonchev–Trinajstić information content (AvgIpc) is 3.21. The second kappa shape index (κ2) is 8.20. The van der Waals surface area contributed by atoms with E-state index in [1.54, 1.807) is 29.2 Å². The zero-order chi connectivity index (χ0) is 21.3. The summed E-state index contributed by atoms with van der Waals surface area (Å²) >= 11 is 0. The molecule has 1 atom stereocenters. The van der Waals surface area contributed by atoms with Crippen LogP contribution in [0.15, 0.2) is 53.9 Å². The van der Waals surface area contributed by atoms with Crippen LogP contribution in [-0.4, -0.2) is 47.5 Å². The van der Waals surface area contributed by atoms with E-state index in [-0.39, 0.29) is 10.9 Å². The maximum absolute atomic E-state index is 13.0. The van der Waals surface area contributed by atoms with Crippen LogP contribution in [0.25, 0.3) is 11.1 Å². The van der Waals surface area contributed by atoms with Crippen molar-refractivity contribution in [2.75, 3.05) is 20.2 Å². The quantitative estimate of drug-likeness (QED) is 0.625. The number of sulfonamides is 1. The van der Waals surface area contributed by atoms with Crippen molar-refractivity contribution in [1.82, 2.24) is 18.8 Å². The summed E-state index contributed by atoms with van der Waals surface area (Å²) in [6, 6.07) is 12.1. The number of aryl methyl sites for hydroxylation is 2. The van der Waals surface area contributed by atoms with Crippen molar-refractivity contribution in [3.8, 4) is 16.9 Å². The molecule has 3 aromatic rings. The van der Waals surface area contributed by atoms with E-state index < -0.39 is 10.0 Å². The van der Waals surface area contributed by atoms with Gasteiger partial charge in [0.1, 0.15) is 5.75 Å². The Balaban J connectivity index is 1.61. The van der Waals surface area contributed by atoms with Crippen LogP contribution in [0.4, 0.5) is 0 Å². The van der Waals surface area contributed by atoms with Gasteiger partial charge < -0.3 is 9.30 Å². The van der Waals surface area contributed by atoms with Crippen LogP contribution in [0, 0.1) is 6.92 Å². The predicted octanol–water partition coefficient (Wildman–Crippen LogP) is 3.37. The number of rotatable bonds is 5. The molecule has 0 amide bonds. The Morgan fingerprint density at radius 1 is 1.13 bits per heavy atom. The van der Waals surface area contributed by atoms with E-state index in [1.807, 2.05) is 31.2 Å². The van der Waals surface area contributed by atoms with Crippen LogP contribution in [0.2, 0.25) is 0 Å². The van der Waals surface area contributed by atoms with E-state index in [2.05, 4.69) is 17.1 Å². The monoisotopic (exact) mass is 426 g/mol. The fourth-order valence-electron chi connectivity index (χ4n) is 3.91. The van der Waals surface area contributed by atoms with Gasteiger partial charge in [-0.05, 0) is 55.2 Å². The second-order valence-corrected chi connectivity index (χ2v) is 9.61. The van der Waals surface area contributed by atoms with Gasteiger partial charge in [0, 0.05) is 43.6 Å². The number of aromatic nitrogens is 3. The molecule has 0 N–H and O–H groups in total. The molecule has 3 heterocycles. The summed E-state index contributed by atoms with van der Waals surface area (Å²) < 4.78 is 34.5. The van der Waals surface area contributed by atoms with Crippen molar-refractivity contribution in [3.05, 3.63) is 60.3 Å². The number of nitrogens with zero attached hydrogens (tertiary/aromatic N) is 4. The van der Waals surface area contributed by atoms with E-state index in [1.165, 1.54) is 6.33 Å². The van der Waals surface area contributed by atoms with Gasteiger partial charge in [-0.1, -0.05) is 12.1 Å². The molecule has 0 radical (unpaired) electrons. The maximum atomic E-state index is 13.0. The number of hydrogen-bond acceptors (Lipinski definition) is 5. The summed E-state index contributed by atoms with van der Waals surface area (Å²) in [5, 5.41) is 0.0989.